The van der Waals surface area contributed by atoms with Gasteiger partial charge in [0.1, 0.15) is 17.7 Å². The van der Waals surface area contributed by atoms with Crippen molar-refractivity contribution >= 4 is 0 Å². The maximum Gasteiger partial charge on any atom is 0.123 e. The Balaban J connectivity index is 2.08. The maximum atomic E-state index is 13.1. The number of halogens is 1. The lowest BCUT2D eigenvalue weighted by Crippen LogP contribution is -2.31. The molecule has 0 saturated carbocycles. The monoisotopic (exact) mass is 235 g/mol. The SMILES string of the molecule is C=CC(C)(CN)CC1Cc2cc(F)ccc2O1. The summed E-state index contributed by atoms with van der Waals surface area (Å²) in [5, 5.41) is 0. The van der Waals surface area contributed by atoms with Crippen LogP contribution in [0.5, 0.6) is 5.75 Å². The van der Waals surface area contributed by atoms with Gasteiger partial charge < -0.3 is 10.5 Å². The van der Waals surface area contributed by atoms with Crippen LogP contribution in [0.15, 0.2) is 30.9 Å². The molecule has 1 aliphatic heterocycles. The van der Waals surface area contributed by atoms with Crippen LogP contribution < -0.4 is 10.5 Å². The fraction of sp³-hybridized carbons (Fsp3) is 0.429. The third kappa shape index (κ3) is 2.50. The van der Waals surface area contributed by atoms with Gasteiger partial charge in [-0.2, -0.15) is 0 Å². The number of hydrogen-bond donors (Lipinski definition) is 1. The summed E-state index contributed by atoms with van der Waals surface area (Å²) in [6, 6.07) is 4.66. The van der Waals surface area contributed by atoms with Gasteiger partial charge in [0.2, 0.25) is 0 Å². The second-order valence-corrected chi connectivity index (χ2v) is 4.96. The molecular weight excluding hydrogens is 217 g/mol. The quantitative estimate of drug-likeness (QED) is 0.814. The molecule has 2 N–H and O–H groups in total. The van der Waals surface area contributed by atoms with E-state index in [0.717, 1.165) is 24.2 Å². The van der Waals surface area contributed by atoms with Crippen LogP contribution in [0.2, 0.25) is 0 Å². The minimum atomic E-state index is -0.210. The van der Waals surface area contributed by atoms with Crippen molar-refractivity contribution in [1.82, 2.24) is 0 Å². The molecule has 1 heterocycles. The van der Waals surface area contributed by atoms with Gasteiger partial charge in [0.25, 0.3) is 0 Å². The number of nitrogens with two attached hydrogens (primary N) is 1. The van der Waals surface area contributed by atoms with E-state index in [1.54, 1.807) is 12.1 Å². The van der Waals surface area contributed by atoms with Gasteiger partial charge in [-0.05, 0) is 24.6 Å². The van der Waals surface area contributed by atoms with Crippen LogP contribution in [0.25, 0.3) is 0 Å². The first-order valence-electron chi connectivity index (χ1n) is 5.85. The van der Waals surface area contributed by atoms with Crippen LogP contribution in [0.3, 0.4) is 0 Å². The van der Waals surface area contributed by atoms with E-state index < -0.39 is 0 Å². The van der Waals surface area contributed by atoms with E-state index in [0.29, 0.717) is 6.54 Å². The van der Waals surface area contributed by atoms with Crippen LogP contribution in [0.4, 0.5) is 4.39 Å². The maximum absolute atomic E-state index is 13.1. The highest BCUT2D eigenvalue weighted by molar-refractivity contribution is 5.38. The molecule has 2 unspecified atom stereocenters. The average Bonchev–Trinajstić information content (AvgIpc) is 2.70. The largest absolute Gasteiger partial charge is 0.490 e. The Bertz CT molecular complexity index is 432. The predicted molar refractivity (Wildman–Crippen MR) is 66.5 cm³/mol. The number of fused-ring (bicyclic) bond motifs is 1. The van der Waals surface area contributed by atoms with Gasteiger partial charge in [-0.25, -0.2) is 4.39 Å². The number of benzene rings is 1. The van der Waals surface area contributed by atoms with Crippen LogP contribution in [-0.2, 0) is 6.42 Å². The van der Waals surface area contributed by atoms with Gasteiger partial charge in [-0.3, -0.25) is 0 Å². The summed E-state index contributed by atoms with van der Waals surface area (Å²) >= 11 is 0. The molecule has 3 heteroatoms. The Labute approximate surface area is 101 Å². The summed E-state index contributed by atoms with van der Waals surface area (Å²) in [4.78, 5) is 0. The molecule has 0 spiro atoms. The standard InChI is InChI=1S/C14H18FNO/c1-3-14(2,9-16)8-12-7-10-6-11(15)4-5-13(10)17-12/h3-6,12H,1,7-9,16H2,2H3. The Morgan fingerprint density at radius 2 is 2.41 bits per heavy atom. The highest BCUT2D eigenvalue weighted by Crippen LogP contribution is 2.34. The molecule has 1 aliphatic rings. The first-order chi connectivity index (χ1) is 8.06. The van der Waals surface area contributed by atoms with Gasteiger partial charge in [0.05, 0.1) is 0 Å². The Morgan fingerprint density at radius 3 is 3.06 bits per heavy atom. The van der Waals surface area contributed by atoms with Crippen LogP contribution >= 0.6 is 0 Å². The predicted octanol–water partition coefficient (Wildman–Crippen LogP) is 2.67. The second kappa shape index (κ2) is 4.49. The molecule has 17 heavy (non-hydrogen) atoms. The highest BCUT2D eigenvalue weighted by atomic mass is 19.1. The zero-order valence-corrected chi connectivity index (χ0v) is 10.1. The van der Waals surface area contributed by atoms with Crippen LogP contribution in [-0.4, -0.2) is 12.6 Å². The molecule has 1 aromatic carbocycles. The summed E-state index contributed by atoms with van der Waals surface area (Å²) in [7, 11) is 0. The fourth-order valence-electron chi connectivity index (χ4n) is 2.17. The molecule has 1 aromatic rings. The lowest BCUT2D eigenvalue weighted by atomic mass is 9.84. The van der Waals surface area contributed by atoms with Crippen molar-refractivity contribution in [2.45, 2.75) is 25.9 Å². The van der Waals surface area contributed by atoms with Crippen molar-refractivity contribution in [3.63, 3.8) is 0 Å². The van der Waals surface area contributed by atoms with Gasteiger partial charge in [-0.1, -0.05) is 13.0 Å². The van der Waals surface area contributed by atoms with Crippen molar-refractivity contribution in [1.29, 1.82) is 0 Å². The van der Waals surface area contributed by atoms with Crippen molar-refractivity contribution in [2.75, 3.05) is 6.54 Å². The minimum absolute atomic E-state index is 0.0679. The van der Waals surface area contributed by atoms with E-state index in [2.05, 4.69) is 13.5 Å². The zero-order chi connectivity index (χ0) is 12.5. The smallest absolute Gasteiger partial charge is 0.123 e. The molecule has 0 fully saturated rings. The van der Waals surface area contributed by atoms with E-state index in [1.807, 2.05) is 6.08 Å². The van der Waals surface area contributed by atoms with Crippen molar-refractivity contribution < 1.29 is 9.13 Å². The van der Waals surface area contributed by atoms with Crippen LogP contribution in [0, 0.1) is 11.2 Å². The summed E-state index contributed by atoms with van der Waals surface area (Å²) in [6.07, 6.45) is 3.50. The molecule has 2 nitrogen and oxygen atoms in total. The number of ether oxygens (including phenoxy) is 1. The van der Waals surface area contributed by atoms with Gasteiger partial charge in [-0.15, -0.1) is 6.58 Å². The third-order valence-electron chi connectivity index (χ3n) is 3.42. The molecule has 0 saturated heterocycles. The number of rotatable bonds is 4. The highest BCUT2D eigenvalue weighted by Gasteiger charge is 2.30. The summed E-state index contributed by atoms with van der Waals surface area (Å²) < 4.78 is 18.9. The van der Waals surface area contributed by atoms with E-state index >= 15 is 0 Å². The summed E-state index contributed by atoms with van der Waals surface area (Å²) in [5.74, 6) is 0.582. The molecule has 0 amide bonds. The first-order valence-corrected chi connectivity index (χ1v) is 5.85. The van der Waals surface area contributed by atoms with Crippen LogP contribution in [0.1, 0.15) is 18.9 Å². The molecule has 2 rings (SSSR count). The van der Waals surface area contributed by atoms with Gasteiger partial charge in [0, 0.05) is 23.9 Å². The Hall–Kier alpha value is -1.35. The van der Waals surface area contributed by atoms with Crippen molar-refractivity contribution in [3.05, 3.63) is 42.2 Å². The minimum Gasteiger partial charge on any atom is -0.490 e. The molecule has 0 bridgehead atoms. The van der Waals surface area contributed by atoms with E-state index in [4.69, 9.17) is 10.5 Å². The molecule has 0 aromatic heterocycles. The normalized spacial score (nSPS) is 21.5. The van der Waals surface area contributed by atoms with Crippen molar-refractivity contribution in [3.8, 4) is 5.75 Å². The molecular formula is C14H18FNO. The summed E-state index contributed by atoms with van der Waals surface area (Å²) in [5.41, 5.74) is 6.56. The third-order valence-corrected chi connectivity index (χ3v) is 3.42. The second-order valence-electron chi connectivity index (χ2n) is 4.96. The molecule has 2 atom stereocenters. The Kier molecular flexibility index (Phi) is 3.20. The topological polar surface area (TPSA) is 35.2 Å². The van der Waals surface area contributed by atoms with E-state index in [-0.39, 0.29) is 17.3 Å². The van der Waals surface area contributed by atoms with Gasteiger partial charge >= 0.3 is 0 Å². The van der Waals surface area contributed by atoms with E-state index in [9.17, 15) is 4.39 Å². The molecule has 92 valence electrons. The van der Waals surface area contributed by atoms with Gasteiger partial charge in [0.15, 0.2) is 0 Å². The molecule has 0 radical (unpaired) electrons. The average molecular weight is 235 g/mol. The lowest BCUT2D eigenvalue weighted by molar-refractivity contribution is 0.175. The van der Waals surface area contributed by atoms with E-state index in [1.165, 1.54) is 6.07 Å². The molecule has 0 aliphatic carbocycles. The first kappa shape index (κ1) is 12.1. The Morgan fingerprint density at radius 1 is 1.65 bits per heavy atom. The zero-order valence-electron chi connectivity index (χ0n) is 10.1. The fourth-order valence-corrected chi connectivity index (χ4v) is 2.17. The lowest BCUT2D eigenvalue weighted by Gasteiger charge is -2.26. The summed E-state index contributed by atoms with van der Waals surface area (Å²) in [6.45, 7) is 6.42. The number of hydrogen-bond acceptors (Lipinski definition) is 2. The van der Waals surface area contributed by atoms with Crippen molar-refractivity contribution in [2.24, 2.45) is 11.1 Å².